The number of halogens is 1. The minimum atomic E-state index is -0.435. The van der Waals surface area contributed by atoms with Crippen LogP contribution in [-0.2, 0) is 4.74 Å². The van der Waals surface area contributed by atoms with Crippen molar-refractivity contribution in [2.45, 2.75) is 0 Å². The summed E-state index contributed by atoms with van der Waals surface area (Å²) < 4.78 is 6.16. The molecular formula is C9H7ClN2O2. The third-order valence-electron chi connectivity index (χ3n) is 1.88. The van der Waals surface area contributed by atoms with Crippen LogP contribution in [0.15, 0.2) is 24.4 Å². The predicted octanol–water partition coefficient (Wildman–Crippen LogP) is 1.77. The van der Waals surface area contributed by atoms with Gasteiger partial charge in [0.2, 0.25) is 0 Å². The highest BCUT2D eigenvalue weighted by Gasteiger charge is 2.12. The summed E-state index contributed by atoms with van der Waals surface area (Å²) in [5.74, 6) is -0.435. The van der Waals surface area contributed by atoms with E-state index in [4.69, 9.17) is 11.6 Å². The molecule has 0 radical (unpaired) electrons. The van der Waals surface area contributed by atoms with E-state index in [9.17, 15) is 4.79 Å². The first-order valence-electron chi connectivity index (χ1n) is 3.94. The number of hydrogen-bond donors (Lipinski definition) is 0. The summed E-state index contributed by atoms with van der Waals surface area (Å²) in [4.78, 5) is 15.4. The Morgan fingerprint density at radius 3 is 3.07 bits per heavy atom. The lowest BCUT2D eigenvalue weighted by Gasteiger charge is -2.03. The minimum Gasteiger partial charge on any atom is -0.464 e. The number of hydrogen-bond acceptors (Lipinski definition) is 3. The fourth-order valence-corrected chi connectivity index (χ4v) is 1.49. The fourth-order valence-electron chi connectivity index (χ4n) is 1.26. The van der Waals surface area contributed by atoms with Crippen molar-refractivity contribution in [1.29, 1.82) is 0 Å². The Hall–Kier alpha value is -1.55. The predicted molar refractivity (Wildman–Crippen MR) is 51.5 cm³/mol. The van der Waals surface area contributed by atoms with Crippen molar-refractivity contribution < 1.29 is 9.53 Å². The van der Waals surface area contributed by atoms with Crippen LogP contribution in [0.5, 0.6) is 0 Å². The third kappa shape index (κ3) is 1.24. The number of esters is 1. The second-order valence-corrected chi connectivity index (χ2v) is 3.06. The maximum Gasteiger partial charge on any atom is 0.355 e. The largest absolute Gasteiger partial charge is 0.464 e. The Balaban J connectivity index is 2.75. The number of imidazole rings is 1. The summed E-state index contributed by atoms with van der Waals surface area (Å²) in [6.07, 6.45) is 1.49. The molecule has 0 aliphatic carbocycles. The Kier molecular flexibility index (Phi) is 2.13. The molecule has 14 heavy (non-hydrogen) atoms. The smallest absolute Gasteiger partial charge is 0.355 e. The first-order chi connectivity index (χ1) is 6.74. The average molecular weight is 211 g/mol. The first kappa shape index (κ1) is 9.02. The van der Waals surface area contributed by atoms with Crippen LogP contribution in [0.2, 0.25) is 5.15 Å². The Morgan fingerprint density at radius 2 is 2.36 bits per heavy atom. The van der Waals surface area contributed by atoms with E-state index in [0.29, 0.717) is 16.5 Å². The van der Waals surface area contributed by atoms with Crippen molar-refractivity contribution in [3.8, 4) is 0 Å². The normalized spacial score (nSPS) is 10.4. The van der Waals surface area contributed by atoms with Gasteiger partial charge in [0.25, 0.3) is 0 Å². The van der Waals surface area contributed by atoms with Crippen LogP contribution >= 0.6 is 11.6 Å². The van der Waals surface area contributed by atoms with E-state index in [1.165, 1.54) is 17.7 Å². The highest BCUT2D eigenvalue weighted by molar-refractivity contribution is 6.30. The fraction of sp³-hybridized carbons (Fsp3) is 0.111. The lowest BCUT2D eigenvalue weighted by Crippen LogP contribution is -2.07. The molecule has 2 aromatic heterocycles. The number of fused-ring (bicyclic) bond motifs is 1. The van der Waals surface area contributed by atoms with Crippen LogP contribution in [0, 0.1) is 0 Å². The van der Waals surface area contributed by atoms with Crippen LogP contribution in [0.25, 0.3) is 5.65 Å². The molecule has 0 fully saturated rings. The number of nitrogens with zero attached hydrogens (tertiary/aromatic N) is 2. The van der Waals surface area contributed by atoms with E-state index >= 15 is 0 Å². The molecule has 0 unspecified atom stereocenters. The molecule has 0 aromatic carbocycles. The van der Waals surface area contributed by atoms with Gasteiger partial charge in [-0.25, -0.2) is 9.78 Å². The Labute approximate surface area is 85.1 Å². The molecule has 0 saturated carbocycles. The van der Waals surface area contributed by atoms with Crippen molar-refractivity contribution in [1.82, 2.24) is 9.38 Å². The molecule has 72 valence electrons. The molecule has 0 aliphatic rings. The average Bonchev–Trinajstić information content (AvgIpc) is 2.59. The van der Waals surface area contributed by atoms with Gasteiger partial charge < -0.3 is 4.74 Å². The van der Waals surface area contributed by atoms with Crippen molar-refractivity contribution in [3.05, 3.63) is 35.2 Å². The molecule has 0 saturated heterocycles. The molecule has 0 atom stereocenters. The van der Waals surface area contributed by atoms with Gasteiger partial charge in [0.1, 0.15) is 16.5 Å². The summed E-state index contributed by atoms with van der Waals surface area (Å²) in [6, 6.07) is 5.12. The maximum absolute atomic E-state index is 11.3. The quantitative estimate of drug-likeness (QED) is 0.674. The third-order valence-corrected chi connectivity index (χ3v) is 2.15. The van der Waals surface area contributed by atoms with Gasteiger partial charge in [-0.15, -0.1) is 0 Å². The van der Waals surface area contributed by atoms with E-state index in [-0.39, 0.29) is 0 Å². The number of carbonyl (C=O) groups is 1. The highest BCUT2D eigenvalue weighted by Crippen LogP contribution is 2.15. The van der Waals surface area contributed by atoms with Gasteiger partial charge in [-0.3, -0.25) is 4.40 Å². The highest BCUT2D eigenvalue weighted by atomic mass is 35.5. The molecule has 2 heterocycles. The number of aromatic nitrogens is 2. The topological polar surface area (TPSA) is 43.6 Å². The van der Waals surface area contributed by atoms with Crippen molar-refractivity contribution in [2.24, 2.45) is 0 Å². The van der Waals surface area contributed by atoms with Gasteiger partial charge in [-0.1, -0.05) is 17.7 Å². The van der Waals surface area contributed by atoms with E-state index in [2.05, 4.69) is 9.72 Å². The van der Waals surface area contributed by atoms with Gasteiger partial charge in [0.05, 0.1) is 13.3 Å². The van der Waals surface area contributed by atoms with Crippen LogP contribution in [-0.4, -0.2) is 22.5 Å². The van der Waals surface area contributed by atoms with Crippen LogP contribution in [0.1, 0.15) is 10.5 Å². The number of pyridine rings is 1. The molecule has 2 rings (SSSR count). The molecule has 0 N–H and O–H groups in total. The van der Waals surface area contributed by atoms with Crippen LogP contribution < -0.4 is 0 Å². The summed E-state index contributed by atoms with van der Waals surface area (Å²) in [6.45, 7) is 0. The van der Waals surface area contributed by atoms with Crippen LogP contribution in [0.4, 0.5) is 0 Å². The summed E-state index contributed by atoms with van der Waals surface area (Å²) in [5, 5.41) is 0.390. The zero-order valence-electron chi connectivity index (χ0n) is 7.40. The van der Waals surface area contributed by atoms with Crippen molar-refractivity contribution in [2.75, 3.05) is 7.11 Å². The number of ether oxygens (including phenoxy) is 1. The number of carbonyl (C=O) groups excluding carboxylic acids is 1. The Morgan fingerprint density at radius 1 is 1.57 bits per heavy atom. The zero-order chi connectivity index (χ0) is 10.1. The van der Waals surface area contributed by atoms with Crippen molar-refractivity contribution in [3.63, 3.8) is 0 Å². The van der Waals surface area contributed by atoms with Gasteiger partial charge in [-0.05, 0) is 12.1 Å². The SMILES string of the molecule is COC(=O)c1cccc2ncc(Cl)n12. The molecular weight excluding hydrogens is 204 g/mol. The standard InChI is InChI=1S/C9H7ClN2O2/c1-14-9(13)6-3-2-4-8-11-5-7(10)12(6)8/h2-5H,1H3. The summed E-state index contributed by atoms with van der Waals surface area (Å²) >= 11 is 5.87. The molecule has 2 aromatic rings. The first-order valence-corrected chi connectivity index (χ1v) is 4.32. The van der Waals surface area contributed by atoms with Crippen molar-refractivity contribution >= 4 is 23.2 Å². The number of rotatable bonds is 1. The monoisotopic (exact) mass is 210 g/mol. The molecule has 0 amide bonds. The molecule has 0 spiro atoms. The maximum atomic E-state index is 11.3. The molecule has 4 nitrogen and oxygen atoms in total. The summed E-state index contributed by atoms with van der Waals surface area (Å²) in [7, 11) is 1.33. The van der Waals surface area contributed by atoms with Gasteiger partial charge in [-0.2, -0.15) is 0 Å². The molecule has 0 aliphatic heterocycles. The van der Waals surface area contributed by atoms with Gasteiger partial charge in [0, 0.05) is 0 Å². The van der Waals surface area contributed by atoms with E-state index in [0.717, 1.165) is 0 Å². The summed E-state index contributed by atoms with van der Waals surface area (Å²) in [5.41, 5.74) is 0.991. The number of methoxy groups -OCH3 is 1. The van der Waals surface area contributed by atoms with Gasteiger partial charge >= 0.3 is 5.97 Å². The van der Waals surface area contributed by atoms with E-state index in [1.807, 2.05) is 0 Å². The minimum absolute atomic E-state index is 0.368. The van der Waals surface area contributed by atoms with E-state index < -0.39 is 5.97 Å². The lowest BCUT2D eigenvalue weighted by atomic mass is 10.3. The van der Waals surface area contributed by atoms with Crippen LogP contribution in [0.3, 0.4) is 0 Å². The lowest BCUT2D eigenvalue weighted by molar-refractivity contribution is 0.0592. The molecule has 0 bridgehead atoms. The second kappa shape index (κ2) is 3.31. The Bertz CT molecular complexity index is 493. The zero-order valence-corrected chi connectivity index (χ0v) is 8.15. The molecule has 5 heteroatoms. The second-order valence-electron chi connectivity index (χ2n) is 2.68. The van der Waals surface area contributed by atoms with Gasteiger partial charge in [0.15, 0.2) is 0 Å². The van der Waals surface area contributed by atoms with E-state index in [1.54, 1.807) is 18.2 Å².